The maximum absolute atomic E-state index is 14.0. The van der Waals surface area contributed by atoms with Crippen LogP contribution in [0.25, 0.3) is 0 Å². The summed E-state index contributed by atoms with van der Waals surface area (Å²) in [4.78, 5) is 116. The number of unbranched alkanes of at least 4 members (excludes halogenated alkanes) is 11. The molecule has 3 amide bonds. The summed E-state index contributed by atoms with van der Waals surface area (Å²) in [5, 5.41) is 41.3. The van der Waals surface area contributed by atoms with Gasteiger partial charge in [-0.05, 0) is 39.0 Å². The molecule has 4 rings (SSSR count). The van der Waals surface area contributed by atoms with E-state index in [4.69, 9.17) is 66.3 Å². The first kappa shape index (κ1) is 75.0. The van der Waals surface area contributed by atoms with Gasteiger partial charge in [0.05, 0.1) is 25.9 Å². The SMILES string of the molecule is CCCCCC/C=C\CCCCCCCCCC(=O)N[C@H]1[C@H](O[C@H]2[C@H](OC(C)=O)[C@@H](NC(C)=O)[C@H](O[C@H]3[C@H](OC(C)=O)[C@@H](NC(C)=O)[C@H](O)O[C@@H]3CO[C@@H]3O[C@@H](C)[C@@H](OC(C)=O)[C@@H](OC(C)=O)[C@@H]3OC)O[C@@H]2CO)O[C@H](CO)[C@@H](OC(C)=O)[C@@H]1OC(C)=O. The molecule has 0 bridgehead atoms. The van der Waals surface area contributed by atoms with Crippen molar-refractivity contribution in [3.8, 4) is 0 Å². The van der Waals surface area contributed by atoms with E-state index in [1.807, 2.05) is 0 Å². The van der Waals surface area contributed by atoms with Crippen molar-refractivity contribution in [3.05, 3.63) is 12.2 Å². The predicted molar refractivity (Wildman–Crippen MR) is 303 cm³/mol. The molecule has 29 nitrogen and oxygen atoms in total. The number of carbonyl (C=O) groups is 9. The molecule has 29 heteroatoms. The topological polar surface area (TPSA) is 380 Å². The van der Waals surface area contributed by atoms with E-state index in [2.05, 4.69) is 35.0 Å². The second-order valence-corrected chi connectivity index (χ2v) is 22.3. The number of rotatable bonds is 34. The summed E-state index contributed by atoms with van der Waals surface area (Å²) in [5.74, 6) is -7.30. The highest BCUT2D eigenvalue weighted by molar-refractivity contribution is 5.77. The average Bonchev–Trinajstić information content (AvgIpc) is 0.842. The Labute approximate surface area is 513 Å². The van der Waals surface area contributed by atoms with Gasteiger partial charge in [-0.2, -0.15) is 0 Å². The van der Waals surface area contributed by atoms with Gasteiger partial charge in [-0.25, -0.2) is 0 Å². The van der Waals surface area contributed by atoms with Crippen LogP contribution in [0.15, 0.2) is 12.2 Å². The van der Waals surface area contributed by atoms with E-state index >= 15 is 0 Å². The van der Waals surface area contributed by atoms with Gasteiger partial charge in [-0.15, -0.1) is 0 Å². The van der Waals surface area contributed by atoms with Crippen LogP contribution in [0.2, 0.25) is 0 Å². The lowest BCUT2D eigenvalue weighted by molar-refractivity contribution is -0.357. The molecule has 20 atom stereocenters. The van der Waals surface area contributed by atoms with E-state index in [1.54, 1.807) is 0 Å². The van der Waals surface area contributed by atoms with Crippen molar-refractivity contribution >= 4 is 53.5 Å². The first-order valence-corrected chi connectivity index (χ1v) is 30.3. The highest BCUT2D eigenvalue weighted by atomic mass is 16.8. The fraction of sp³-hybridized carbons (Fsp3) is 0.814. The largest absolute Gasteiger partial charge is 0.457 e. The van der Waals surface area contributed by atoms with Crippen LogP contribution in [-0.2, 0) is 109 Å². The zero-order valence-corrected chi connectivity index (χ0v) is 52.5. The fourth-order valence-corrected chi connectivity index (χ4v) is 11.1. The maximum atomic E-state index is 14.0. The van der Waals surface area contributed by atoms with E-state index in [0.717, 1.165) is 100 Å². The molecule has 0 aliphatic carbocycles. The average molecular weight is 1260 g/mol. The summed E-state index contributed by atoms with van der Waals surface area (Å²) >= 11 is 0. The van der Waals surface area contributed by atoms with Crippen molar-refractivity contribution < 1.29 is 125 Å². The second kappa shape index (κ2) is 38.3. The third kappa shape index (κ3) is 23.7. The molecule has 0 aromatic carbocycles. The van der Waals surface area contributed by atoms with Crippen molar-refractivity contribution in [2.24, 2.45) is 0 Å². The number of methoxy groups -OCH3 is 1. The summed E-state index contributed by atoms with van der Waals surface area (Å²) in [7, 11) is 1.24. The van der Waals surface area contributed by atoms with Crippen LogP contribution >= 0.6 is 0 Å². The van der Waals surface area contributed by atoms with Crippen LogP contribution < -0.4 is 16.0 Å². The van der Waals surface area contributed by atoms with Gasteiger partial charge in [0.25, 0.3) is 0 Å². The Morgan fingerprint density at radius 2 is 0.852 bits per heavy atom. The van der Waals surface area contributed by atoms with E-state index in [0.29, 0.717) is 12.8 Å². The second-order valence-electron chi connectivity index (χ2n) is 22.3. The molecule has 4 heterocycles. The normalized spacial score (nSPS) is 32.2. The highest BCUT2D eigenvalue weighted by Gasteiger charge is 2.59. The molecule has 0 radical (unpaired) electrons. The minimum atomic E-state index is -1.96. The number of ether oxygens (including phenoxy) is 14. The zero-order valence-electron chi connectivity index (χ0n) is 52.5. The number of aliphatic hydroxyl groups is 3. The Morgan fingerprint density at radius 1 is 0.443 bits per heavy atom. The van der Waals surface area contributed by atoms with Crippen LogP contribution in [0.5, 0.6) is 0 Å². The lowest BCUT2D eigenvalue weighted by atomic mass is 9.93. The summed E-state index contributed by atoms with van der Waals surface area (Å²) in [6, 6.07) is -4.86. The Kier molecular flexibility index (Phi) is 32.6. The van der Waals surface area contributed by atoms with Gasteiger partial charge < -0.3 is 97.6 Å². The van der Waals surface area contributed by atoms with Crippen molar-refractivity contribution in [2.75, 3.05) is 26.9 Å². The van der Waals surface area contributed by atoms with E-state index in [9.17, 15) is 58.5 Å². The molecule has 0 saturated carbocycles. The molecule has 0 unspecified atom stereocenters. The Hall–Kier alpha value is -5.47. The van der Waals surface area contributed by atoms with Crippen LogP contribution in [0.1, 0.15) is 159 Å². The van der Waals surface area contributed by atoms with Crippen molar-refractivity contribution in [1.29, 1.82) is 0 Å². The van der Waals surface area contributed by atoms with Gasteiger partial charge in [-0.1, -0.05) is 70.4 Å². The summed E-state index contributed by atoms with van der Waals surface area (Å²) in [6.07, 6.45) is -9.17. The minimum Gasteiger partial charge on any atom is -0.457 e. The van der Waals surface area contributed by atoms with E-state index in [-0.39, 0.29) is 6.42 Å². The molecule has 0 aromatic rings. The van der Waals surface area contributed by atoms with Gasteiger partial charge in [-0.3, -0.25) is 43.2 Å². The molecular weight excluding hydrogens is 1170 g/mol. The lowest BCUT2D eigenvalue weighted by Crippen LogP contribution is -2.72. The molecule has 4 aliphatic rings. The summed E-state index contributed by atoms with van der Waals surface area (Å²) in [5.41, 5.74) is 0. The lowest BCUT2D eigenvalue weighted by Gasteiger charge is -2.51. The van der Waals surface area contributed by atoms with Crippen LogP contribution in [0.4, 0.5) is 0 Å². The third-order valence-electron chi connectivity index (χ3n) is 14.9. The molecule has 4 aliphatic heterocycles. The summed E-state index contributed by atoms with van der Waals surface area (Å²) < 4.78 is 83.6. The zero-order chi connectivity index (χ0) is 65.2. The van der Waals surface area contributed by atoms with Crippen LogP contribution in [-0.4, -0.2) is 218 Å². The molecule has 4 fully saturated rings. The minimum absolute atomic E-state index is 0.0254. The maximum Gasteiger partial charge on any atom is 0.303 e. The Bertz CT molecular complexity index is 2280. The Morgan fingerprint density at radius 3 is 1.34 bits per heavy atom. The van der Waals surface area contributed by atoms with Crippen molar-refractivity contribution in [1.82, 2.24) is 16.0 Å². The van der Waals surface area contributed by atoms with Crippen LogP contribution in [0.3, 0.4) is 0 Å². The number of aliphatic hydroxyl groups excluding tert-OH is 3. The number of hydrogen-bond donors (Lipinski definition) is 6. The molecular formula is C59H95N3O26. The van der Waals surface area contributed by atoms with E-state index < -0.39 is 196 Å². The smallest absolute Gasteiger partial charge is 0.303 e. The summed E-state index contributed by atoms with van der Waals surface area (Å²) in [6.45, 7) is 9.76. The van der Waals surface area contributed by atoms with Gasteiger partial charge in [0.2, 0.25) is 17.7 Å². The van der Waals surface area contributed by atoms with Gasteiger partial charge in [0.15, 0.2) is 61.8 Å². The molecule has 6 N–H and O–H groups in total. The third-order valence-corrected chi connectivity index (χ3v) is 14.9. The first-order chi connectivity index (χ1) is 41.8. The van der Waals surface area contributed by atoms with Crippen molar-refractivity contribution in [3.63, 3.8) is 0 Å². The van der Waals surface area contributed by atoms with Gasteiger partial charge in [0, 0.05) is 68.9 Å². The molecule has 0 aromatic heterocycles. The highest BCUT2D eigenvalue weighted by Crippen LogP contribution is 2.37. The van der Waals surface area contributed by atoms with Gasteiger partial charge in [0.1, 0.15) is 54.7 Å². The molecule has 88 heavy (non-hydrogen) atoms. The first-order valence-electron chi connectivity index (χ1n) is 30.3. The number of allylic oxidation sites excluding steroid dienone is 2. The predicted octanol–water partition coefficient (Wildman–Crippen LogP) is 1.81. The standard InChI is InChI=1S/C59H95N3O26/c1-12-13-14-15-16-17-18-19-20-21-22-23-24-25-26-27-43(73)62-46-53(82-38(9)71)48(79-35(6)68)40(28-63)85-58(46)87-49-41(29-64)86-57(45(61-33(4)66)52(49)81-37(8)70)88-50-42(84-56(74)44(60-32(3)65)51(50)80-36(7)69)30-76-59-55(75-11)54(83-39(10)72)47(31(2)77-59)78-34(5)67/h17-18,31,40-42,44-59,63-64,74H,12-16,19-30H2,1-11H3,(H,60,65)(H,61,66)(H,62,73)/b18-17-/t31-,40+,41+,42+,44+,45+,46+,47+,48+,49+,50+,51+,52+,53+,54+,55-,56+,57-,58-,59+/m0/s1. The molecule has 502 valence electrons. The number of amides is 3. The van der Waals surface area contributed by atoms with Gasteiger partial charge >= 0.3 is 35.8 Å². The fourth-order valence-electron chi connectivity index (χ4n) is 11.1. The number of nitrogens with one attached hydrogen (secondary N) is 3. The number of hydrogen-bond acceptors (Lipinski definition) is 26. The number of carbonyl (C=O) groups excluding carboxylic acids is 9. The van der Waals surface area contributed by atoms with Crippen molar-refractivity contribution in [2.45, 2.75) is 282 Å². The quantitative estimate of drug-likeness (QED) is 0.0231. The molecule has 4 saturated heterocycles. The monoisotopic (exact) mass is 1260 g/mol. The van der Waals surface area contributed by atoms with E-state index in [1.165, 1.54) is 39.7 Å². The molecule has 0 spiro atoms. The number of esters is 6. The Balaban J connectivity index is 1.70. The van der Waals surface area contributed by atoms with Crippen LogP contribution in [0, 0.1) is 0 Å².